The highest BCUT2D eigenvalue weighted by Crippen LogP contribution is 2.37. The number of hydrogen-bond acceptors (Lipinski definition) is 2. The molecule has 0 aromatic heterocycles. The van der Waals surface area contributed by atoms with Gasteiger partial charge in [-0.3, -0.25) is 4.79 Å². The number of nitrogens with zero attached hydrogens (tertiary/aromatic N) is 1. The van der Waals surface area contributed by atoms with Crippen LogP contribution in [0.1, 0.15) is 11.1 Å². The van der Waals surface area contributed by atoms with Gasteiger partial charge in [-0.05, 0) is 24.0 Å². The molecule has 1 aliphatic carbocycles. The molecule has 1 aromatic rings. The van der Waals surface area contributed by atoms with Gasteiger partial charge in [-0.15, -0.1) is 0 Å². The number of hydrogen-bond donors (Lipinski definition) is 2. The van der Waals surface area contributed by atoms with Crippen LogP contribution in [0.2, 0.25) is 0 Å². The lowest BCUT2D eigenvalue weighted by molar-refractivity contribution is -0.187. The summed E-state index contributed by atoms with van der Waals surface area (Å²) in [6.45, 7) is -1.04. The Kier molecular flexibility index (Phi) is 4.15. The summed E-state index contributed by atoms with van der Waals surface area (Å²) in [6, 6.07) is 6.90. The molecular formula is C16H17F3N2O3. The molecule has 1 heterocycles. The minimum Gasteiger partial charge on any atom is -0.481 e. The lowest BCUT2D eigenvalue weighted by atomic mass is 9.96. The van der Waals surface area contributed by atoms with Gasteiger partial charge in [0.1, 0.15) is 0 Å². The first-order chi connectivity index (χ1) is 11.3. The minimum absolute atomic E-state index is 0.178. The van der Waals surface area contributed by atoms with Crippen molar-refractivity contribution < 1.29 is 27.9 Å². The van der Waals surface area contributed by atoms with Gasteiger partial charge in [0, 0.05) is 19.1 Å². The van der Waals surface area contributed by atoms with Crippen LogP contribution in [0.15, 0.2) is 24.3 Å². The number of alkyl halides is 3. The van der Waals surface area contributed by atoms with Crippen LogP contribution in [-0.2, 0) is 17.6 Å². The molecule has 1 saturated heterocycles. The summed E-state index contributed by atoms with van der Waals surface area (Å²) < 4.78 is 38.9. The fraction of sp³-hybridized carbons (Fsp3) is 0.500. The van der Waals surface area contributed by atoms with Gasteiger partial charge >= 0.3 is 18.2 Å². The van der Waals surface area contributed by atoms with Gasteiger partial charge in [-0.1, -0.05) is 24.3 Å². The fourth-order valence-corrected chi connectivity index (χ4v) is 3.48. The maximum absolute atomic E-state index is 13.0. The number of carbonyl (C=O) groups is 2. The van der Waals surface area contributed by atoms with E-state index in [1.165, 1.54) is 0 Å². The van der Waals surface area contributed by atoms with E-state index in [1.807, 2.05) is 24.3 Å². The van der Waals surface area contributed by atoms with Gasteiger partial charge in [-0.2, -0.15) is 13.2 Å². The summed E-state index contributed by atoms with van der Waals surface area (Å²) in [6.07, 6.45) is -3.39. The summed E-state index contributed by atoms with van der Waals surface area (Å²) in [4.78, 5) is 24.3. The summed E-state index contributed by atoms with van der Waals surface area (Å²) >= 11 is 0. The van der Waals surface area contributed by atoms with E-state index in [1.54, 1.807) is 0 Å². The Morgan fingerprint density at radius 1 is 1.12 bits per heavy atom. The Balaban J connectivity index is 1.63. The van der Waals surface area contributed by atoms with Gasteiger partial charge in [0.15, 0.2) is 0 Å². The van der Waals surface area contributed by atoms with Gasteiger partial charge in [-0.25, -0.2) is 4.79 Å². The van der Waals surface area contributed by atoms with Crippen molar-refractivity contribution in [2.24, 2.45) is 11.8 Å². The van der Waals surface area contributed by atoms with Crippen molar-refractivity contribution in [3.63, 3.8) is 0 Å². The Labute approximate surface area is 136 Å². The van der Waals surface area contributed by atoms with Gasteiger partial charge in [0.25, 0.3) is 0 Å². The first kappa shape index (κ1) is 16.6. The zero-order valence-electron chi connectivity index (χ0n) is 12.7. The number of likely N-dealkylation sites (tertiary alicyclic amines) is 1. The Bertz CT molecular complexity index is 637. The Morgan fingerprint density at radius 3 is 2.17 bits per heavy atom. The lowest BCUT2D eigenvalue weighted by Crippen LogP contribution is -2.44. The molecule has 0 radical (unpaired) electrons. The van der Waals surface area contributed by atoms with E-state index in [0.29, 0.717) is 12.8 Å². The predicted octanol–water partition coefficient (Wildman–Crippen LogP) is 2.06. The number of amides is 2. The highest BCUT2D eigenvalue weighted by Gasteiger charge is 2.53. The van der Waals surface area contributed by atoms with Crippen molar-refractivity contribution in [2.75, 3.05) is 13.1 Å². The number of urea groups is 1. The largest absolute Gasteiger partial charge is 0.481 e. The molecule has 1 aromatic carbocycles. The number of carboxylic acids is 1. The third kappa shape index (κ3) is 3.18. The van der Waals surface area contributed by atoms with Crippen LogP contribution < -0.4 is 5.32 Å². The second-order valence-electron chi connectivity index (χ2n) is 6.32. The van der Waals surface area contributed by atoms with Gasteiger partial charge in [0.05, 0.1) is 11.8 Å². The molecule has 0 spiro atoms. The van der Waals surface area contributed by atoms with Crippen LogP contribution in [0.25, 0.3) is 0 Å². The second-order valence-corrected chi connectivity index (χ2v) is 6.32. The molecule has 8 heteroatoms. The van der Waals surface area contributed by atoms with E-state index in [4.69, 9.17) is 5.11 Å². The Hall–Kier alpha value is -2.25. The molecule has 2 amide bonds. The van der Waals surface area contributed by atoms with Crippen LogP contribution in [-0.4, -0.2) is 47.3 Å². The highest BCUT2D eigenvalue weighted by atomic mass is 19.4. The third-order valence-electron chi connectivity index (χ3n) is 4.72. The molecule has 3 rings (SSSR count). The van der Waals surface area contributed by atoms with E-state index in [-0.39, 0.29) is 6.04 Å². The van der Waals surface area contributed by atoms with Crippen molar-refractivity contribution in [3.8, 4) is 0 Å². The highest BCUT2D eigenvalue weighted by molar-refractivity contribution is 5.78. The Morgan fingerprint density at radius 2 is 1.71 bits per heavy atom. The monoisotopic (exact) mass is 342 g/mol. The molecule has 0 unspecified atom stereocenters. The summed E-state index contributed by atoms with van der Waals surface area (Å²) in [5.74, 6) is -5.17. The summed E-state index contributed by atoms with van der Waals surface area (Å²) in [5, 5.41) is 11.7. The summed E-state index contributed by atoms with van der Waals surface area (Å²) in [7, 11) is 0. The van der Waals surface area contributed by atoms with Crippen LogP contribution in [0.5, 0.6) is 0 Å². The topological polar surface area (TPSA) is 69.6 Å². The molecule has 0 bridgehead atoms. The normalized spacial score (nSPS) is 24.0. The molecule has 5 nitrogen and oxygen atoms in total. The average Bonchev–Trinajstić information content (AvgIpc) is 3.10. The summed E-state index contributed by atoms with van der Waals surface area (Å²) in [5.41, 5.74) is 2.22. The van der Waals surface area contributed by atoms with Crippen molar-refractivity contribution in [2.45, 2.75) is 25.1 Å². The molecule has 2 atom stereocenters. The average molecular weight is 342 g/mol. The minimum atomic E-state index is -4.64. The van der Waals surface area contributed by atoms with Crippen LogP contribution in [0.3, 0.4) is 0 Å². The molecule has 130 valence electrons. The predicted molar refractivity (Wildman–Crippen MR) is 78.4 cm³/mol. The molecule has 2 aliphatic rings. The number of rotatable bonds is 2. The van der Waals surface area contributed by atoms with E-state index in [2.05, 4.69) is 5.32 Å². The number of carbonyl (C=O) groups excluding carboxylic acids is 1. The fourth-order valence-electron chi connectivity index (χ4n) is 3.48. The van der Waals surface area contributed by atoms with Crippen molar-refractivity contribution in [3.05, 3.63) is 35.4 Å². The number of carboxylic acid groups (broad SMARTS) is 1. The standard InChI is InChI=1S/C16H17F3N2O3/c17-16(18,19)13-8-21(7-12(13)14(22)23)15(24)20-11-5-9-3-1-2-4-10(9)6-11/h1-4,11-13H,5-8H2,(H,20,24)(H,22,23)/t12-,13-/m1/s1. The maximum atomic E-state index is 13.0. The van der Waals surface area contributed by atoms with Crippen molar-refractivity contribution in [1.82, 2.24) is 10.2 Å². The van der Waals surface area contributed by atoms with Gasteiger partial charge < -0.3 is 15.3 Å². The first-order valence-corrected chi connectivity index (χ1v) is 7.67. The molecule has 1 aliphatic heterocycles. The lowest BCUT2D eigenvalue weighted by Gasteiger charge is -2.21. The van der Waals surface area contributed by atoms with Crippen LogP contribution in [0, 0.1) is 11.8 Å². The van der Waals surface area contributed by atoms with Crippen LogP contribution in [0.4, 0.5) is 18.0 Å². The number of fused-ring (bicyclic) bond motifs is 1. The first-order valence-electron chi connectivity index (χ1n) is 7.67. The van der Waals surface area contributed by atoms with Crippen molar-refractivity contribution >= 4 is 12.0 Å². The molecule has 1 fully saturated rings. The number of nitrogens with one attached hydrogen (secondary N) is 1. The molecule has 2 N–H and O–H groups in total. The second kappa shape index (κ2) is 5.99. The SMILES string of the molecule is O=C(O)[C@@H]1CN(C(=O)NC2Cc3ccccc3C2)C[C@H]1C(F)(F)F. The number of halogens is 3. The number of benzene rings is 1. The molecule has 24 heavy (non-hydrogen) atoms. The maximum Gasteiger partial charge on any atom is 0.394 e. The van der Waals surface area contributed by atoms with Crippen molar-refractivity contribution in [1.29, 1.82) is 0 Å². The van der Waals surface area contributed by atoms with Gasteiger partial charge in [0.2, 0.25) is 0 Å². The third-order valence-corrected chi connectivity index (χ3v) is 4.72. The quantitative estimate of drug-likeness (QED) is 0.864. The smallest absolute Gasteiger partial charge is 0.394 e. The van der Waals surface area contributed by atoms with Crippen LogP contribution >= 0.6 is 0 Å². The van der Waals surface area contributed by atoms with E-state index in [0.717, 1.165) is 16.0 Å². The van der Waals surface area contributed by atoms with E-state index < -0.39 is 43.1 Å². The zero-order valence-corrected chi connectivity index (χ0v) is 12.7. The molecular weight excluding hydrogens is 325 g/mol. The molecule has 0 saturated carbocycles. The zero-order chi connectivity index (χ0) is 17.5. The number of aliphatic carboxylic acids is 1. The van der Waals surface area contributed by atoms with E-state index >= 15 is 0 Å². The van der Waals surface area contributed by atoms with E-state index in [9.17, 15) is 22.8 Å².